The van der Waals surface area contributed by atoms with Crippen LogP contribution in [0.1, 0.15) is 39.4 Å². The Bertz CT molecular complexity index is 1020. The van der Waals surface area contributed by atoms with Gasteiger partial charge in [-0.15, -0.1) is 0 Å². The lowest BCUT2D eigenvalue weighted by Gasteiger charge is -2.11. The Morgan fingerprint density at radius 2 is 1.85 bits per heavy atom. The van der Waals surface area contributed by atoms with E-state index in [1.807, 2.05) is 52.8 Å². The third kappa shape index (κ3) is 3.88. The fraction of sp³-hybridized carbons (Fsp3) is 0.350. The normalized spacial score (nSPS) is 11.0. The fourth-order valence-electron chi connectivity index (χ4n) is 3.01. The average molecular weight is 385 g/mol. The van der Waals surface area contributed by atoms with Gasteiger partial charge in [0.05, 0.1) is 5.69 Å². The van der Waals surface area contributed by atoms with Crippen molar-refractivity contribution in [1.29, 1.82) is 0 Å². The Balaban J connectivity index is 1.75. The summed E-state index contributed by atoms with van der Waals surface area (Å²) in [5.41, 5.74) is 5.07. The van der Waals surface area contributed by atoms with E-state index in [0.29, 0.717) is 17.1 Å². The van der Waals surface area contributed by atoms with Gasteiger partial charge in [0.25, 0.3) is 5.56 Å². The van der Waals surface area contributed by atoms with Crippen LogP contribution in [0, 0.1) is 34.6 Å². The molecule has 2 N–H and O–H groups in total. The number of thiazole rings is 1. The van der Waals surface area contributed by atoms with Gasteiger partial charge in [-0.3, -0.25) is 14.7 Å². The van der Waals surface area contributed by atoms with Gasteiger partial charge in [0.15, 0.2) is 0 Å². The molecule has 3 aromatic rings. The number of benzene rings is 1. The molecule has 0 fully saturated rings. The number of aryl methyl sites for hydroxylation is 5. The lowest BCUT2D eigenvalue weighted by molar-refractivity contribution is -0.116. The number of para-hydroxylation sites is 1. The Morgan fingerprint density at radius 3 is 2.44 bits per heavy atom. The molecule has 0 saturated heterocycles. The number of nitrogens with one attached hydrogen (secondary N) is 2. The summed E-state index contributed by atoms with van der Waals surface area (Å²) in [6.45, 7) is 9.69. The van der Waals surface area contributed by atoms with Crippen LogP contribution in [0.25, 0.3) is 5.13 Å². The number of amides is 1. The smallest absolute Gasteiger partial charge is 0.276 e. The number of carbonyl (C=O) groups is 1. The number of nitrogens with zero attached hydrogens (tertiary/aromatic N) is 2. The van der Waals surface area contributed by atoms with Crippen LogP contribution >= 0.6 is 11.3 Å². The summed E-state index contributed by atoms with van der Waals surface area (Å²) in [6.07, 6.45) is 0.631. The highest BCUT2D eigenvalue weighted by atomic mass is 32.1. The van der Waals surface area contributed by atoms with E-state index in [9.17, 15) is 9.59 Å². The average Bonchev–Trinajstić information content (AvgIpc) is 3.08. The number of aromatic amines is 1. The predicted molar refractivity (Wildman–Crippen MR) is 109 cm³/mol. The summed E-state index contributed by atoms with van der Waals surface area (Å²) in [7, 11) is 0. The van der Waals surface area contributed by atoms with E-state index in [-0.39, 0.29) is 17.9 Å². The minimum absolute atomic E-state index is 0.0973. The van der Waals surface area contributed by atoms with Crippen LogP contribution < -0.4 is 10.9 Å². The molecular weight excluding hydrogens is 360 g/mol. The van der Waals surface area contributed by atoms with Gasteiger partial charge < -0.3 is 5.32 Å². The number of hydrogen-bond donors (Lipinski definition) is 2. The van der Waals surface area contributed by atoms with Crippen LogP contribution in [0.2, 0.25) is 0 Å². The Labute approximate surface area is 162 Å². The van der Waals surface area contributed by atoms with E-state index < -0.39 is 0 Å². The molecule has 0 spiro atoms. The fourth-order valence-corrected chi connectivity index (χ4v) is 3.88. The number of carbonyl (C=O) groups excluding carboxylic acids is 1. The molecule has 142 valence electrons. The van der Waals surface area contributed by atoms with Crippen molar-refractivity contribution in [1.82, 2.24) is 14.8 Å². The monoisotopic (exact) mass is 384 g/mol. The molecule has 0 atom stereocenters. The van der Waals surface area contributed by atoms with Gasteiger partial charge in [-0.1, -0.05) is 29.5 Å². The number of rotatable bonds is 5. The standard InChI is InChI=1S/C20H24N4O2S/c1-11-7-6-8-12(2)18(11)22-17(25)10-9-16-14(4)23-24(19(16)26)20-21-13(3)15(5)27-20/h6-8,23H,9-10H2,1-5H3,(H,22,25). The van der Waals surface area contributed by atoms with Crippen molar-refractivity contribution in [2.24, 2.45) is 0 Å². The van der Waals surface area contributed by atoms with E-state index in [1.165, 1.54) is 16.0 Å². The van der Waals surface area contributed by atoms with Crippen molar-refractivity contribution in [2.75, 3.05) is 5.32 Å². The molecule has 0 aliphatic carbocycles. The van der Waals surface area contributed by atoms with Gasteiger partial charge >= 0.3 is 0 Å². The van der Waals surface area contributed by atoms with Crippen LogP contribution in [0.15, 0.2) is 23.0 Å². The first-order valence-corrected chi connectivity index (χ1v) is 9.70. The molecular formula is C20H24N4O2S. The van der Waals surface area contributed by atoms with Gasteiger partial charge in [0.1, 0.15) is 0 Å². The molecule has 0 saturated carbocycles. The van der Waals surface area contributed by atoms with Crippen LogP contribution in [-0.2, 0) is 11.2 Å². The van der Waals surface area contributed by atoms with Crippen LogP contribution in [-0.4, -0.2) is 20.7 Å². The first-order chi connectivity index (χ1) is 12.8. The number of anilines is 1. The molecule has 2 aromatic heterocycles. The second-order valence-corrected chi connectivity index (χ2v) is 7.99. The second kappa shape index (κ2) is 7.52. The van der Waals surface area contributed by atoms with E-state index >= 15 is 0 Å². The molecule has 0 unspecified atom stereocenters. The van der Waals surface area contributed by atoms with Crippen molar-refractivity contribution in [3.63, 3.8) is 0 Å². The maximum atomic E-state index is 12.8. The summed E-state index contributed by atoms with van der Waals surface area (Å²) in [5, 5.41) is 6.68. The van der Waals surface area contributed by atoms with Crippen molar-refractivity contribution in [3.05, 3.63) is 61.5 Å². The van der Waals surface area contributed by atoms with Crippen molar-refractivity contribution < 1.29 is 4.79 Å². The highest BCUT2D eigenvalue weighted by Crippen LogP contribution is 2.21. The molecule has 27 heavy (non-hydrogen) atoms. The quantitative estimate of drug-likeness (QED) is 0.703. The maximum absolute atomic E-state index is 12.8. The Hall–Kier alpha value is -2.67. The Kier molecular flexibility index (Phi) is 5.32. The van der Waals surface area contributed by atoms with Crippen molar-refractivity contribution >= 4 is 22.9 Å². The lowest BCUT2D eigenvalue weighted by atomic mass is 10.1. The highest BCUT2D eigenvalue weighted by Gasteiger charge is 2.17. The number of hydrogen-bond acceptors (Lipinski definition) is 4. The molecule has 0 radical (unpaired) electrons. The van der Waals surface area contributed by atoms with Gasteiger partial charge in [-0.25, -0.2) is 4.98 Å². The molecule has 1 aromatic carbocycles. The second-order valence-electron chi connectivity index (χ2n) is 6.81. The third-order valence-corrected chi connectivity index (χ3v) is 5.81. The predicted octanol–water partition coefficient (Wildman–Crippen LogP) is 3.74. The van der Waals surface area contributed by atoms with Gasteiger partial charge in [0, 0.05) is 28.2 Å². The molecule has 0 bridgehead atoms. The number of aromatic nitrogens is 3. The molecule has 6 nitrogen and oxygen atoms in total. The minimum atomic E-state index is -0.138. The van der Waals surface area contributed by atoms with E-state index in [1.54, 1.807) is 0 Å². The zero-order valence-corrected chi connectivity index (χ0v) is 17.1. The molecule has 0 aliphatic rings. The SMILES string of the molecule is Cc1cccc(C)c1NC(=O)CCc1c(C)[nH]n(-c2nc(C)c(C)s2)c1=O. The van der Waals surface area contributed by atoms with Crippen LogP contribution in [0.3, 0.4) is 0 Å². The van der Waals surface area contributed by atoms with Crippen molar-refractivity contribution in [3.8, 4) is 5.13 Å². The largest absolute Gasteiger partial charge is 0.326 e. The highest BCUT2D eigenvalue weighted by molar-refractivity contribution is 7.14. The molecule has 3 rings (SSSR count). The van der Waals surface area contributed by atoms with E-state index in [2.05, 4.69) is 15.4 Å². The first-order valence-electron chi connectivity index (χ1n) is 8.89. The summed E-state index contributed by atoms with van der Waals surface area (Å²) in [5.74, 6) is -0.0973. The molecule has 0 aliphatic heterocycles. The first kappa shape index (κ1) is 19.1. The zero-order chi connectivity index (χ0) is 19.7. The van der Waals surface area contributed by atoms with Gasteiger partial charge in [-0.2, -0.15) is 4.68 Å². The Morgan fingerprint density at radius 1 is 1.19 bits per heavy atom. The summed E-state index contributed by atoms with van der Waals surface area (Å²) in [4.78, 5) is 30.7. The molecule has 1 amide bonds. The minimum Gasteiger partial charge on any atom is -0.326 e. The van der Waals surface area contributed by atoms with Crippen molar-refractivity contribution in [2.45, 2.75) is 47.5 Å². The summed E-state index contributed by atoms with van der Waals surface area (Å²) in [6, 6.07) is 5.90. The number of H-pyrrole nitrogens is 1. The van der Waals surface area contributed by atoms with Crippen LogP contribution in [0.5, 0.6) is 0 Å². The topological polar surface area (TPSA) is 79.8 Å². The summed E-state index contributed by atoms with van der Waals surface area (Å²) >= 11 is 1.47. The summed E-state index contributed by atoms with van der Waals surface area (Å²) < 4.78 is 1.47. The molecule has 7 heteroatoms. The lowest BCUT2D eigenvalue weighted by Crippen LogP contribution is -2.19. The zero-order valence-electron chi connectivity index (χ0n) is 16.3. The van der Waals surface area contributed by atoms with Crippen LogP contribution in [0.4, 0.5) is 5.69 Å². The molecule has 2 heterocycles. The van der Waals surface area contributed by atoms with E-state index in [0.717, 1.165) is 33.1 Å². The third-order valence-electron chi connectivity index (χ3n) is 4.75. The van der Waals surface area contributed by atoms with Gasteiger partial charge in [0.2, 0.25) is 11.0 Å². The van der Waals surface area contributed by atoms with E-state index in [4.69, 9.17) is 0 Å². The maximum Gasteiger partial charge on any atom is 0.276 e. The van der Waals surface area contributed by atoms with Gasteiger partial charge in [-0.05, 0) is 52.2 Å².